The molecule has 0 unspecified atom stereocenters. The highest BCUT2D eigenvalue weighted by molar-refractivity contribution is 14.1. The van der Waals surface area contributed by atoms with Gasteiger partial charge in [0.2, 0.25) is 18.1 Å². The molecule has 2 aromatic carbocycles. The van der Waals surface area contributed by atoms with Gasteiger partial charge in [-0.15, -0.1) is 4.99 Å². The lowest BCUT2D eigenvalue weighted by molar-refractivity contribution is -0.941. The van der Waals surface area contributed by atoms with Gasteiger partial charge in [0.15, 0.2) is 5.96 Å². The van der Waals surface area contributed by atoms with Gasteiger partial charge in [-0.1, -0.05) is 128 Å². The quantitative estimate of drug-likeness (QED) is 0.0148. The van der Waals surface area contributed by atoms with Crippen LogP contribution in [0.4, 0.5) is 0 Å². The first kappa shape index (κ1) is 76.1. The average molecular weight is 1790 g/mol. The van der Waals surface area contributed by atoms with E-state index in [0.717, 1.165) is 38.9 Å². The number of aliphatic imine (C=N–C) groups is 2. The van der Waals surface area contributed by atoms with Crippen LogP contribution in [-0.4, -0.2) is 277 Å². The summed E-state index contributed by atoms with van der Waals surface area (Å²) in [6, 6.07) is 21.1. The summed E-state index contributed by atoms with van der Waals surface area (Å²) >= 11 is 7.26. The Morgan fingerprint density at radius 1 is 0.500 bits per heavy atom. The zero-order valence-corrected chi connectivity index (χ0v) is 60.9. The Hall–Kier alpha value is -0.0400. The van der Waals surface area contributed by atoms with Crippen LogP contribution in [0.5, 0.6) is 0 Å². The van der Waals surface area contributed by atoms with Gasteiger partial charge in [0.05, 0.1) is 78.5 Å². The molecule has 0 amide bonds. The van der Waals surface area contributed by atoms with E-state index in [2.05, 4.69) is 150 Å². The van der Waals surface area contributed by atoms with Gasteiger partial charge in [0.25, 0.3) is 0 Å². The van der Waals surface area contributed by atoms with Gasteiger partial charge in [-0.2, -0.15) is 10.3 Å². The van der Waals surface area contributed by atoms with Crippen molar-refractivity contribution in [1.82, 2.24) is 34.7 Å². The van der Waals surface area contributed by atoms with Crippen molar-refractivity contribution in [1.29, 1.82) is 10.7 Å². The molecule has 12 aliphatic heterocycles. The Morgan fingerprint density at radius 2 is 0.863 bits per heavy atom. The largest absolute Gasteiger partial charge is 1.00 e. The van der Waals surface area contributed by atoms with Crippen LogP contribution in [0.1, 0.15) is 36.8 Å². The van der Waals surface area contributed by atoms with Crippen molar-refractivity contribution < 1.29 is 85.4 Å². The third kappa shape index (κ3) is 29.6. The number of alkyl halides is 3. The number of nitrogens with one attached hydrogen (secondary N) is 2. The second-order valence-corrected chi connectivity index (χ2v) is 25.3. The van der Waals surface area contributed by atoms with E-state index in [4.69, 9.17) is 33.6 Å². The molecular weight excluding hydrogens is 1690 g/mol. The molecule has 0 spiro atoms. The van der Waals surface area contributed by atoms with Crippen molar-refractivity contribution in [3.63, 3.8) is 0 Å². The van der Waals surface area contributed by atoms with E-state index in [1.807, 2.05) is 23.1 Å². The van der Waals surface area contributed by atoms with Gasteiger partial charge in [0.1, 0.15) is 0 Å². The summed E-state index contributed by atoms with van der Waals surface area (Å²) in [5.41, 5.74) is 23.1. The first-order valence-electron chi connectivity index (χ1n) is 29.0. The number of fused-ring (bicyclic) bond motifs is 12. The van der Waals surface area contributed by atoms with Crippen molar-refractivity contribution in [3.8, 4) is 6.19 Å². The number of benzene rings is 2. The number of hydrogen-bond donors (Lipinski definition) is 6. The number of quaternary nitrogens is 3. The molecule has 12 saturated heterocycles. The molecular formula is C56H100I6N18. The monoisotopic (exact) mass is 1790 g/mol. The third-order valence-corrected chi connectivity index (χ3v) is 19.2. The number of piperazine rings is 12. The average Bonchev–Trinajstić information content (AvgIpc) is 3.54. The Morgan fingerprint density at radius 3 is 1.19 bits per heavy atom. The Balaban J connectivity index is 0.000000357. The number of nitriles is 1. The number of nitrogens with two attached hydrogens (primary N) is 4. The van der Waals surface area contributed by atoms with E-state index in [9.17, 15) is 0 Å². The summed E-state index contributed by atoms with van der Waals surface area (Å²) in [4.78, 5) is 21.8. The molecule has 10 N–H and O–H groups in total. The minimum absolute atomic E-state index is 0. The van der Waals surface area contributed by atoms with E-state index in [1.165, 1.54) is 247 Å². The predicted octanol–water partition coefficient (Wildman–Crippen LogP) is -5.80. The summed E-state index contributed by atoms with van der Waals surface area (Å²) in [7, 11) is 0. The molecule has 80 heavy (non-hydrogen) atoms. The summed E-state index contributed by atoms with van der Waals surface area (Å²) in [5, 5.41) is 19.5. The Kier molecular flexibility index (Phi) is 41.4. The van der Waals surface area contributed by atoms with Crippen LogP contribution in [-0.2, 0) is 12.8 Å². The molecule has 24 heteroatoms. The topological polar surface area (TPSA) is 208 Å². The zero-order chi connectivity index (χ0) is 55.0. The van der Waals surface area contributed by atoms with Gasteiger partial charge >= 0.3 is 0 Å². The maximum Gasteiger partial charge on any atom is 0.221 e. The number of rotatable bonds is 19. The number of guanidine groups is 3. The van der Waals surface area contributed by atoms with Crippen LogP contribution in [0.3, 0.4) is 0 Å². The lowest BCUT2D eigenvalue weighted by Crippen LogP contribution is -3.00. The predicted molar refractivity (Wildman–Crippen MR) is 346 cm³/mol. The summed E-state index contributed by atoms with van der Waals surface area (Å²) < 4.78 is 8.04. The molecule has 456 valence electrons. The second-order valence-electron chi connectivity index (χ2n) is 22.1. The van der Waals surface area contributed by atoms with Gasteiger partial charge < -0.3 is 119 Å². The molecule has 12 heterocycles. The minimum atomic E-state index is -0.197. The molecule has 12 aliphatic rings. The lowest BCUT2D eigenvalue weighted by atomic mass is 10.1. The maximum absolute atomic E-state index is 8.23. The first-order valence-corrected chi connectivity index (χ1v) is 33.5. The number of nitrogens with zero attached hydrogens (tertiary/aromatic N) is 12. The fraction of sp³-hybridized carbons (Fsp3) is 0.714. The minimum Gasteiger partial charge on any atom is -1.00 e. The normalized spacial score (nSPS) is 26.6. The molecule has 14 rings (SSSR count). The van der Waals surface area contributed by atoms with E-state index >= 15 is 0 Å². The fourth-order valence-corrected chi connectivity index (χ4v) is 14.4. The van der Waals surface area contributed by atoms with E-state index < -0.39 is 0 Å². The van der Waals surface area contributed by atoms with Gasteiger partial charge in [0, 0.05) is 150 Å². The molecule has 8 bridgehead atoms. The van der Waals surface area contributed by atoms with E-state index in [1.54, 1.807) is 0 Å². The molecule has 0 aromatic heterocycles. The van der Waals surface area contributed by atoms with Crippen molar-refractivity contribution >= 4 is 85.7 Å². The fourth-order valence-electron chi connectivity index (χ4n) is 11.8. The SMILES string of the molecule is C1CN2CCN1CC2.ICCCI.ICCC[N+]12CCN(CC1)CC2.N#CN=C(N)N.N=C(N=C(N)N)N(CCC[N+]12CCN(CC1)CC2)CCc1ccccc1.[I-].[I-].[I-].c1ccc(CCNCCC[N+]23CCN(CC2)CC3)cc1. The van der Waals surface area contributed by atoms with Crippen molar-refractivity contribution in [3.05, 3.63) is 71.8 Å². The molecule has 12 fully saturated rings. The van der Waals surface area contributed by atoms with Gasteiger partial charge in [-0.05, 0) is 36.9 Å². The molecule has 2 aromatic rings. The Labute approximate surface area is 575 Å². The Bertz CT molecular complexity index is 1930. The molecule has 0 aliphatic carbocycles. The van der Waals surface area contributed by atoms with E-state index in [-0.39, 0.29) is 89.8 Å². The highest BCUT2D eigenvalue weighted by Gasteiger charge is 2.40. The van der Waals surface area contributed by atoms with Crippen LogP contribution in [0.2, 0.25) is 0 Å². The van der Waals surface area contributed by atoms with Crippen LogP contribution in [0, 0.1) is 16.9 Å². The maximum atomic E-state index is 8.23. The molecule has 0 atom stereocenters. The lowest BCUT2D eigenvalue weighted by Gasteiger charge is -2.50. The van der Waals surface area contributed by atoms with Crippen molar-refractivity contribution in [2.24, 2.45) is 32.9 Å². The van der Waals surface area contributed by atoms with Crippen LogP contribution >= 0.6 is 67.8 Å². The number of halogens is 6. The molecule has 18 nitrogen and oxygen atoms in total. The zero-order valence-electron chi connectivity index (χ0n) is 48.0. The summed E-state index contributed by atoms with van der Waals surface area (Å²) in [5.74, 6) is -0.0735. The van der Waals surface area contributed by atoms with Crippen LogP contribution in [0.25, 0.3) is 0 Å². The van der Waals surface area contributed by atoms with E-state index in [0.29, 0.717) is 0 Å². The number of hydrogen-bond acceptors (Lipinski definition) is 9. The molecule has 0 radical (unpaired) electrons. The third-order valence-electron chi connectivity index (χ3n) is 17.0. The molecule has 0 saturated carbocycles. The first-order chi connectivity index (χ1) is 37.4. The smallest absolute Gasteiger partial charge is 0.221 e. The summed E-state index contributed by atoms with van der Waals surface area (Å²) in [6.45, 7) is 39.9. The standard InChI is InChI=1S/C19H32N7.C17H28N3.C9H18IN2.C6H12N2.C3H6I2.C2H4N4.3HI/c20-18(21)23-19(22)25(9-7-17-5-2-1-3-6-17)8-4-13-26-14-10-24(11-15-26)12-16-26;1-2-5-17(6-3-1)7-9-18-8-4-13-20-14-10-19(11-15-20)12-16-20;10-2-1-6-12-7-3-11(4-8-12)5-9-12;1-2-8-5-3-7(1)4-6-8;4-2-1-3-5;3-1-6-2(4)5;;;/h1-3,5-6H,4,7-16H2,(H5,20,21,22,23);1-3,5-6,18H,4,7-16H2;1-9H2;1-6H2;1-3H2;(H4,4,5,6);3*1H/q3*+1;;;;;;/p-3. The highest BCUT2D eigenvalue weighted by atomic mass is 127. The van der Waals surface area contributed by atoms with Crippen LogP contribution < -0.4 is 100 Å². The second kappa shape index (κ2) is 43.6. The summed E-state index contributed by atoms with van der Waals surface area (Å²) in [6.07, 6.45) is 8.62. The van der Waals surface area contributed by atoms with Gasteiger partial charge in [-0.25, -0.2) is 0 Å². The van der Waals surface area contributed by atoms with Crippen LogP contribution in [0.15, 0.2) is 70.6 Å². The van der Waals surface area contributed by atoms with Crippen molar-refractivity contribution in [2.75, 3.05) is 216 Å². The highest BCUT2D eigenvalue weighted by Crippen LogP contribution is 2.22. The van der Waals surface area contributed by atoms with Gasteiger partial charge in [-0.3, -0.25) is 29.9 Å². The van der Waals surface area contributed by atoms with Crippen molar-refractivity contribution in [2.45, 2.75) is 38.5 Å².